The van der Waals surface area contributed by atoms with E-state index in [1.165, 1.54) is 11.1 Å². The number of aliphatic imine (C=N–C) groups is 1. The van der Waals surface area contributed by atoms with Gasteiger partial charge in [0.15, 0.2) is 5.96 Å². The maximum absolute atomic E-state index is 10.2. The number of halogens is 1. The molecule has 1 heterocycles. The Morgan fingerprint density at radius 1 is 0.931 bits per heavy atom. The highest BCUT2D eigenvalue weighted by Crippen LogP contribution is 2.23. The maximum atomic E-state index is 10.2. The van der Waals surface area contributed by atoms with Gasteiger partial charge in [-0.1, -0.05) is 60.7 Å². The van der Waals surface area contributed by atoms with Crippen molar-refractivity contribution in [3.63, 3.8) is 0 Å². The van der Waals surface area contributed by atoms with E-state index in [4.69, 9.17) is 4.42 Å². The average Bonchev–Trinajstić information content (AvgIpc) is 3.28. The molecule has 0 spiro atoms. The van der Waals surface area contributed by atoms with Gasteiger partial charge in [-0.15, -0.1) is 24.0 Å². The van der Waals surface area contributed by atoms with E-state index in [-0.39, 0.29) is 36.4 Å². The van der Waals surface area contributed by atoms with Crippen molar-refractivity contribution in [3.05, 3.63) is 95.9 Å². The van der Waals surface area contributed by atoms with Gasteiger partial charge in [0.2, 0.25) is 0 Å². The molecule has 0 saturated carbocycles. The molecule has 0 aliphatic carbocycles. The van der Waals surface area contributed by atoms with Crippen LogP contribution in [0.15, 0.2) is 88.5 Å². The molecule has 0 aliphatic rings. The summed E-state index contributed by atoms with van der Waals surface area (Å²) in [7, 11) is 0. The molecule has 3 aromatic rings. The molecule has 0 radical (unpaired) electrons. The second kappa shape index (κ2) is 12.3. The van der Waals surface area contributed by atoms with Crippen LogP contribution in [0.5, 0.6) is 0 Å². The first-order chi connectivity index (χ1) is 13.8. The van der Waals surface area contributed by atoms with Crippen LogP contribution in [-0.4, -0.2) is 30.7 Å². The summed E-state index contributed by atoms with van der Waals surface area (Å²) < 4.78 is 5.24. The third kappa shape index (κ3) is 6.90. The zero-order valence-electron chi connectivity index (χ0n) is 16.5. The molecule has 6 heteroatoms. The maximum Gasteiger partial charge on any atom is 0.191 e. The van der Waals surface area contributed by atoms with Crippen LogP contribution in [0.3, 0.4) is 0 Å². The summed E-state index contributed by atoms with van der Waals surface area (Å²) in [4.78, 5) is 4.51. The second-order valence-electron chi connectivity index (χ2n) is 6.51. The Morgan fingerprint density at radius 3 is 2.07 bits per heavy atom. The quantitative estimate of drug-likeness (QED) is 0.242. The Balaban J connectivity index is 0.00000300. The number of hydrogen-bond acceptors (Lipinski definition) is 3. The standard InChI is InChI=1S/C23H27N3O2.HI/c1-2-24-23(26-17-21(27)22-14-9-15-28-22)25-16-20(18-10-5-3-6-11-18)19-12-7-4-8-13-19;/h3-15,20-21,27H,2,16-17H2,1H3,(H2,24,25,26);1H. The third-order valence-corrected chi connectivity index (χ3v) is 4.52. The lowest BCUT2D eigenvalue weighted by molar-refractivity contribution is 0.158. The van der Waals surface area contributed by atoms with E-state index in [1.807, 2.05) is 19.1 Å². The van der Waals surface area contributed by atoms with E-state index in [1.54, 1.807) is 18.4 Å². The summed E-state index contributed by atoms with van der Waals surface area (Å²) in [6, 6.07) is 24.4. The van der Waals surface area contributed by atoms with Gasteiger partial charge in [-0.2, -0.15) is 0 Å². The fourth-order valence-electron chi connectivity index (χ4n) is 3.09. The topological polar surface area (TPSA) is 69.8 Å². The van der Waals surface area contributed by atoms with Crippen molar-refractivity contribution >= 4 is 29.9 Å². The molecule has 2 aromatic carbocycles. The third-order valence-electron chi connectivity index (χ3n) is 4.52. The normalized spacial score (nSPS) is 12.3. The Bertz CT molecular complexity index is 800. The molecule has 1 unspecified atom stereocenters. The minimum absolute atomic E-state index is 0. The van der Waals surface area contributed by atoms with Gasteiger partial charge in [-0.05, 0) is 30.2 Å². The highest BCUT2D eigenvalue weighted by atomic mass is 127. The van der Waals surface area contributed by atoms with Gasteiger partial charge in [-0.25, -0.2) is 0 Å². The van der Waals surface area contributed by atoms with Crippen LogP contribution in [-0.2, 0) is 0 Å². The molecule has 3 N–H and O–H groups in total. The van der Waals surface area contributed by atoms with E-state index >= 15 is 0 Å². The van der Waals surface area contributed by atoms with Crippen LogP contribution >= 0.6 is 24.0 Å². The fourth-order valence-corrected chi connectivity index (χ4v) is 3.09. The molecule has 1 atom stereocenters. The van der Waals surface area contributed by atoms with Crippen molar-refractivity contribution in [1.82, 2.24) is 10.6 Å². The predicted molar refractivity (Wildman–Crippen MR) is 128 cm³/mol. The molecule has 0 amide bonds. The van der Waals surface area contributed by atoms with Gasteiger partial charge >= 0.3 is 0 Å². The van der Waals surface area contributed by atoms with Crippen LogP contribution < -0.4 is 10.6 Å². The van der Waals surface area contributed by atoms with Crippen molar-refractivity contribution < 1.29 is 9.52 Å². The van der Waals surface area contributed by atoms with Crippen molar-refractivity contribution in [1.29, 1.82) is 0 Å². The summed E-state index contributed by atoms with van der Waals surface area (Å²) in [5, 5.41) is 16.9. The highest BCUT2D eigenvalue weighted by molar-refractivity contribution is 14.0. The summed E-state index contributed by atoms with van der Waals surface area (Å²) in [6.07, 6.45) is 0.792. The van der Waals surface area contributed by atoms with Gasteiger partial charge in [0.05, 0.1) is 12.8 Å². The Morgan fingerprint density at radius 2 is 1.55 bits per heavy atom. The van der Waals surface area contributed by atoms with Crippen LogP contribution in [0.1, 0.15) is 35.8 Å². The van der Waals surface area contributed by atoms with Crippen molar-refractivity contribution in [2.45, 2.75) is 18.9 Å². The molecule has 1 aromatic heterocycles. The van der Waals surface area contributed by atoms with E-state index in [9.17, 15) is 5.11 Å². The number of aliphatic hydroxyl groups is 1. The van der Waals surface area contributed by atoms with Crippen LogP contribution in [0.4, 0.5) is 0 Å². The van der Waals surface area contributed by atoms with Crippen LogP contribution in [0, 0.1) is 0 Å². The largest absolute Gasteiger partial charge is 0.467 e. The van der Waals surface area contributed by atoms with Gasteiger partial charge in [0.25, 0.3) is 0 Å². The molecule has 0 saturated heterocycles. The number of nitrogens with one attached hydrogen (secondary N) is 2. The number of nitrogens with zero attached hydrogens (tertiary/aromatic N) is 1. The first kappa shape index (κ1) is 23.0. The molecule has 3 rings (SSSR count). The Labute approximate surface area is 189 Å². The predicted octanol–water partition coefficient (Wildman–Crippen LogP) is 4.32. The second-order valence-corrected chi connectivity index (χ2v) is 6.51. The number of benzene rings is 2. The minimum atomic E-state index is -0.760. The summed E-state index contributed by atoms with van der Waals surface area (Å²) in [6.45, 7) is 3.68. The van der Waals surface area contributed by atoms with Crippen LogP contribution in [0.25, 0.3) is 0 Å². The first-order valence-corrected chi connectivity index (χ1v) is 9.61. The fraction of sp³-hybridized carbons (Fsp3) is 0.261. The SMILES string of the molecule is CCNC(=NCC(O)c1ccco1)NCC(c1ccccc1)c1ccccc1.I. The van der Waals surface area contributed by atoms with Crippen molar-refractivity contribution in [2.24, 2.45) is 4.99 Å². The van der Waals surface area contributed by atoms with Gasteiger partial charge < -0.3 is 20.2 Å². The molecule has 154 valence electrons. The summed E-state index contributed by atoms with van der Waals surface area (Å²) in [5.74, 6) is 1.39. The van der Waals surface area contributed by atoms with E-state index in [2.05, 4.69) is 64.2 Å². The molecular weight excluding hydrogens is 477 g/mol. The monoisotopic (exact) mass is 505 g/mol. The summed E-state index contributed by atoms with van der Waals surface area (Å²) >= 11 is 0. The Hall–Kier alpha value is -2.32. The molecule has 0 fully saturated rings. The molecule has 0 bridgehead atoms. The van der Waals surface area contributed by atoms with Gasteiger partial charge in [0, 0.05) is 19.0 Å². The molecular formula is C23H28IN3O2. The van der Waals surface area contributed by atoms with Gasteiger partial charge in [0.1, 0.15) is 11.9 Å². The number of rotatable bonds is 8. The van der Waals surface area contributed by atoms with Gasteiger partial charge in [-0.3, -0.25) is 4.99 Å². The number of aliphatic hydroxyl groups excluding tert-OH is 1. The molecule has 5 nitrogen and oxygen atoms in total. The van der Waals surface area contributed by atoms with Crippen molar-refractivity contribution in [3.8, 4) is 0 Å². The first-order valence-electron chi connectivity index (χ1n) is 9.61. The lowest BCUT2D eigenvalue weighted by Crippen LogP contribution is -2.39. The van der Waals surface area contributed by atoms with E-state index in [0.717, 1.165) is 6.54 Å². The minimum Gasteiger partial charge on any atom is -0.467 e. The highest BCUT2D eigenvalue weighted by Gasteiger charge is 2.15. The van der Waals surface area contributed by atoms with E-state index in [0.29, 0.717) is 18.3 Å². The smallest absolute Gasteiger partial charge is 0.191 e. The lowest BCUT2D eigenvalue weighted by Gasteiger charge is -2.21. The van der Waals surface area contributed by atoms with E-state index < -0.39 is 6.10 Å². The average molecular weight is 505 g/mol. The number of furan rings is 1. The number of hydrogen-bond donors (Lipinski definition) is 3. The zero-order chi connectivity index (χ0) is 19.6. The summed E-state index contributed by atoms with van der Waals surface area (Å²) in [5.41, 5.74) is 2.49. The van der Waals surface area contributed by atoms with Crippen molar-refractivity contribution in [2.75, 3.05) is 19.6 Å². The zero-order valence-corrected chi connectivity index (χ0v) is 18.8. The molecule has 0 aliphatic heterocycles. The lowest BCUT2D eigenvalue weighted by atomic mass is 9.91. The molecule has 29 heavy (non-hydrogen) atoms. The van der Waals surface area contributed by atoms with Crippen LogP contribution in [0.2, 0.25) is 0 Å². The Kier molecular flexibility index (Phi) is 9.73. The number of guanidine groups is 1.